The van der Waals surface area contributed by atoms with Gasteiger partial charge < -0.3 is 0 Å². The van der Waals surface area contributed by atoms with Crippen LogP contribution in [0.1, 0.15) is 74.7 Å². The number of allylic oxidation sites excluding steroid dienone is 10. The minimum atomic E-state index is 0.0574. The summed E-state index contributed by atoms with van der Waals surface area (Å²) in [5, 5.41) is 0. The topological polar surface area (TPSA) is 12.4 Å². The molecule has 0 saturated heterocycles. The Balaban J connectivity index is 2.36. The van der Waals surface area contributed by atoms with Gasteiger partial charge in [-0.15, -0.1) is 0 Å². The number of hydrogen-bond acceptors (Lipinski definition) is 1. The first-order valence-corrected chi connectivity index (χ1v) is 12.0. The Bertz CT molecular complexity index is 844. The van der Waals surface area contributed by atoms with Crippen LogP contribution in [0.5, 0.6) is 0 Å². The molecule has 1 heterocycles. The molecule has 2 unspecified atom stereocenters. The highest BCUT2D eigenvalue weighted by Gasteiger charge is 2.25. The van der Waals surface area contributed by atoms with Crippen LogP contribution in [0.3, 0.4) is 0 Å². The molecular weight excluding hydrogens is 430 g/mol. The van der Waals surface area contributed by atoms with Gasteiger partial charge in [0, 0.05) is 22.3 Å². The van der Waals surface area contributed by atoms with Crippen molar-refractivity contribution in [3.63, 3.8) is 0 Å². The lowest BCUT2D eigenvalue weighted by atomic mass is 9.78. The van der Waals surface area contributed by atoms with Crippen LogP contribution < -0.4 is 0 Å². The van der Waals surface area contributed by atoms with Crippen molar-refractivity contribution in [1.29, 1.82) is 0 Å². The summed E-state index contributed by atoms with van der Waals surface area (Å²) in [7, 11) is 0. The van der Waals surface area contributed by atoms with Gasteiger partial charge >= 0.3 is 0 Å². The predicted octanol–water partition coefficient (Wildman–Crippen LogP) is 9.12. The molecule has 0 aromatic carbocycles. The van der Waals surface area contributed by atoms with Crippen LogP contribution in [0.15, 0.2) is 74.9 Å². The number of rotatable bonds is 4. The fraction of sp³-hybridized carbons (Fsp3) is 0.536. The van der Waals surface area contributed by atoms with Crippen LogP contribution in [0, 0.1) is 22.7 Å². The highest BCUT2D eigenvalue weighted by atomic mass is 79.9. The second-order valence-corrected chi connectivity index (χ2v) is 11.8. The second-order valence-electron chi connectivity index (χ2n) is 10.9. The van der Waals surface area contributed by atoms with Gasteiger partial charge in [-0.3, -0.25) is 4.99 Å². The van der Waals surface area contributed by atoms with Gasteiger partial charge in [-0.05, 0) is 71.3 Å². The Labute approximate surface area is 193 Å². The van der Waals surface area contributed by atoms with Gasteiger partial charge in [0.15, 0.2) is 0 Å². The molecule has 0 spiro atoms. The summed E-state index contributed by atoms with van der Waals surface area (Å²) in [6.45, 7) is 22.4. The van der Waals surface area contributed by atoms with E-state index in [0.717, 1.165) is 17.3 Å². The van der Waals surface area contributed by atoms with Crippen LogP contribution in [0.4, 0.5) is 0 Å². The average Bonchev–Trinajstić information content (AvgIpc) is 2.83. The van der Waals surface area contributed by atoms with Crippen molar-refractivity contribution in [1.82, 2.24) is 0 Å². The number of halogens is 1. The Morgan fingerprint density at radius 3 is 2.40 bits per heavy atom. The summed E-state index contributed by atoms with van der Waals surface area (Å²) in [4.78, 5) is 4.82. The number of hydrogen-bond donors (Lipinski definition) is 0. The van der Waals surface area contributed by atoms with Gasteiger partial charge in [-0.1, -0.05) is 95.3 Å². The average molecular weight is 471 g/mol. The maximum atomic E-state index is 4.82. The molecule has 0 amide bonds. The first kappa shape index (κ1) is 24.9. The Hall–Kier alpha value is -1.41. The van der Waals surface area contributed by atoms with Crippen molar-refractivity contribution in [2.45, 2.75) is 74.7 Å². The van der Waals surface area contributed by atoms with E-state index in [1.165, 1.54) is 34.4 Å². The molecule has 2 rings (SSSR count). The van der Waals surface area contributed by atoms with Gasteiger partial charge in [-0.25, -0.2) is 0 Å². The molecule has 2 heteroatoms. The molecule has 1 aliphatic heterocycles. The van der Waals surface area contributed by atoms with E-state index in [2.05, 4.69) is 108 Å². The van der Waals surface area contributed by atoms with Crippen molar-refractivity contribution in [3.8, 4) is 0 Å². The molecule has 0 radical (unpaired) electrons. The Morgan fingerprint density at radius 1 is 1.13 bits per heavy atom. The summed E-state index contributed by atoms with van der Waals surface area (Å²) < 4.78 is 1.16. The number of nitrogens with zero attached hydrogens (tertiary/aromatic N) is 1. The smallest absolute Gasteiger partial charge is 0.0279 e. The van der Waals surface area contributed by atoms with Crippen LogP contribution in [0.2, 0.25) is 0 Å². The molecule has 30 heavy (non-hydrogen) atoms. The SMILES string of the molecule is C=C(/C=C(\C=C(/C)C1=CC(Br)=CC(C2=NC=CCCC2C)C1)C(C)(C)C)C(C)(C)C. The molecule has 164 valence electrons. The first-order chi connectivity index (χ1) is 13.8. The van der Waals surface area contributed by atoms with Gasteiger partial charge in [0.25, 0.3) is 0 Å². The zero-order valence-corrected chi connectivity index (χ0v) is 21.9. The third kappa shape index (κ3) is 6.80. The third-order valence-corrected chi connectivity index (χ3v) is 6.62. The molecule has 0 fully saturated rings. The standard InChI is InChI=1S/C28H40BrN/c1-19-12-10-11-13-30-26(19)23-16-22(17-25(29)18-23)20(2)14-24(28(7,8)9)15-21(3)27(4,5)6/h11,13-15,17-19,23H,3,10,12,16H2,1-2,4-9H3/b20-14+,24-15+. The molecule has 0 aromatic rings. The second kappa shape index (κ2) is 9.81. The van der Waals surface area contributed by atoms with Crippen LogP contribution in [0.25, 0.3) is 0 Å². The van der Waals surface area contributed by atoms with E-state index in [1.807, 2.05) is 6.20 Å². The third-order valence-electron chi connectivity index (χ3n) is 6.13. The van der Waals surface area contributed by atoms with Crippen LogP contribution in [-0.2, 0) is 0 Å². The van der Waals surface area contributed by atoms with Crippen molar-refractivity contribution >= 4 is 21.6 Å². The minimum absolute atomic E-state index is 0.0574. The lowest BCUT2D eigenvalue weighted by molar-refractivity contribution is 0.498. The first-order valence-electron chi connectivity index (χ1n) is 11.2. The molecule has 0 aromatic heterocycles. The largest absolute Gasteiger partial charge is 0.265 e. The van der Waals surface area contributed by atoms with Crippen molar-refractivity contribution < 1.29 is 0 Å². The van der Waals surface area contributed by atoms with Gasteiger partial charge in [0.1, 0.15) is 0 Å². The quantitative estimate of drug-likeness (QED) is 0.363. The molecule has 1 nitrogen and oxygen atoms in total. The molecule has 0 N–H and O–H groups in total. The Kier molecular flexibility index (Phi) is 8.13. The molecular formula is C28H40BrN. The lowest BCUT2D eigenvalue weighted by Gasteiger charge is -2.27. The maximum absolute atomic E-state index is 4.82. The monoisotopic (exact) mass is 469 g/mol. The molecule has 0 saturated carbocycles. The van der Waals surface area contributed by atoms with Crippen molar-refractivity contribution in [3.05, 3.63) is 69.9 Å². The van der Waals surface area contributed by atoms with E-state index in [1.54, 1.807) is 0 Å². The molecule has 2 atom stereocenters. The molecule has 0 bridgehead atoms. The maximum Gasteiger partial charge on any atom is 0.0279 e. The minimum Gasteiger partial charge on any atom is -0.265 e. The van der Waals surface area contributed by atoms with E-state index in [9.17, 15) is 0 Å². The van der Waals surface area contributed by atoms with E-state index in [0.29, 0.717) is 11.8 Å². The van der Waals surface area contributed by atoms with Crippen molar-refractivity contribution in [2.24, 2.45) is 27.7 Å². The van der Waals surface area contributed by atoms with E-state index in [4.69, 9.17) is 4.99 Å². The van der Waals surface area contributed by atoms with E-state index < -0.39 is 0 Å². The molecule has 1 aliphatic carbocycles. The van der Waals surface area contributed by atoms with Crippen LogP contribution >= 0.6 is 15.9 Å². The summed E-state index contributed by atoms with van der Waals surface area (Å²) in [6, 6.07) is 0. The zero-order chi connectivity index (χ0) is 22.7. The number of aliphatic imine (C=N–C) groups is 1. The highest BCUT2D eigenvalue weighted by molar-refractivity contribution is 9.11. The van der Waals surface area contributed by atoms with Gasteiger partial charge in [0.2, 0.25) is 0 Å². The van der Waals surface area contributed by atoms with Crippen LogP contribution in [-0.4, -0.2) is 5.71 Å². The summed E-state index contributed by atoms with van der Waals surface area (Å²) in [5.74, 6) is 0.873. The fourth-order valence-electron chi connectivity index (χ4n) is 3.73. The summed E-state index contributed by atoms with van der Waals surface area (Å²) in [6.07, 6.45) is 16.7. The zero-order valence-electron chi connectivity index (χ0n) is 20.3. The molecule has 2 aliphatic rings. The lowest BCUT2D eigenvalue weighted by Crippen LogP contribution is -2.22. The summed E-state index contributed by atoms with van der Waals surface area (Å²) >= 11 is 3.77. The fourth-order valence-corrected chi connectivity index (χ4v) is 4.32. The van der Waals surface area contributed by atoms with E-state index >= 15 is 0 Å². The predicted molar refractivity (Wildman–Crippen MR) is 138 cm³/mol. The highest BCUT2D eigenvalue weighted by Crippen LogP contribution is 2.37. The van der Waals surface area contributed by atoms with E-state index in [-0.39, 0.29) is 10.8 Å². The van der Waals surface area contributed by atoms with Gasteiger partial charge in [-0.2, -0.15) is 0 Å². The summed E-state index contributed by atoms with van der Waals surface area (Å²) in [5.41, 5.74) is 6.64. The normalized spacial score (nSPS) is 24.1. The van der Waals surface area contributed by atoms with Crippen molar-refractivity contribution in [2.75, 3.05) is 0 Å². The van der Waals surface area contributed by atoms with Gasteiger partial charge in [0.05, 0.1) is 0 Å². The Morgan fingerprint density at radius 2 is 1.80 bits per heavy atom.